The van der Waals surface area contributed by atoms with Gasteiger partial charge in [0.1, 0.15) is 17.0 Å². The molecule has 0 saturated heterocycles. The van der Waals surface area contributed by atoms with Crippen molar-refractivity contribution in [2.45, 2.75) is 20.2 Å². The fourth-order valence-corrected chi connectivity index (χ4v) is 7.65. The maximum Gasteiger partial charge on any atom is 0.490 e. The molecule has 0 fully saturated rings. The lowest BCUT2D eigenvalue weighted by molar-refractivity contribution is -0.192. The number of nitrogen functional groups attached to an aromatic ring is 1. The van der Waals surface area contributed by atoms with Crippen LogP contribution in [0.4, 0.5) is 13.2 Å². The van der Waals surface area contributed by atoms with E-state index in [1.807, 2.05) is 54.8 Å². The van der Waals surface area contributed by atoms with E-state index in [1.54, 1.807) is 18.2 Å². The first-order chi connectivity index (χ1) is 18.3. The molecule has 0 aliphatic heterocycles. The predicted octanol–water partition coefficient (Wildman–Crippen LogP) is 6.79. The number of thiophene rings is 1. The van der Waals surface area contributed by atoms with Crippen LogP contribution in [0.25, 0.3) is 33.1 Å². The predicted molar refractivity (Wildman–Crippen MR) is 145 cm³/mol. The van der Waals surface area contributed by atoms with E-state index in [-0.39, 0.29) is 15.6 Å². The lowest BCUT2D eigenvalue weighted by Gasteiger charge is -2.08. The number of furan rings is 1. The molecule has 7 nitrogen and oxygen atoms in total. The zero-order chi connectivity index (χ0) is 28.5. The standard InChI is InChI=1S/C24H18N2O3S3.C2HF3O2/c1-30-24-21(13-20(31-24)23(25)26)32(27,28)15-7-4-6-14(12-15)16-9-5-10-18-17-8-2-3-11-19(17)29-22(16)18;3-2(4,5)1(6)7/h2-13H,1H3,(H3,25,26);(H,6,7). The molecular formula is C26H19F3N2O5S3. The van der Waals surface area contributed by atoms with E-state index in [4.69, 9.17) is 25.5 Å². The molecule has 5 aromatic rings. The second-order valence-electron chi connectivity index (χ2n) is 7.99. The van der Waals surface area contributed by atoms with E-state index in [9.17, 15) is 21.6 Å². The molecule has 0 bridgehead atoms. The molecule has 0 spiro atoms. The number of rotatable bonds is 5. The Bertz CT molecular complexity index is 1830. The van der Waals surface area contributed by atoms with Crippen LogP contribution in [-0.4, -0.2) is 37.8 Å². The summed E-state index contributed by atoms with van der Waals surface area (Å²) in [5.74, 6) is -2.90. The average molecular weight is 593 g/mol. The van der Waals surface area contributed by atoms with E-state index >= 15 is 0 Å². The van der Waals surface area contributed by atoms with Gasteiger partial charge in [0.25, 0.3) is 0 Å². The largest absolute Gasteiger partial charge is 0.490 e. The number of alkyl halides is 3. The summed E-state index contributed by atoms with van der Waals surface area (Å²) in [5, 5.41) is 16.8. The molecule has 3 aromatic carbocycles. The quantitative estimate of drug-likeness (QED) is 0.116. The number of hydrogen-bond acceptors (Lipinski definition) is 7. The fraction of sp³-hybridized carbons (Fsp3) is 0.0769. The molecule has 0 atom stereocenters. The topological polar surface area (TPSA) is 134 Å². The van der Waals surface area contributed by atoms with Crippen LogP contribution in [0.15, 0.2) is 91.2 Å². The number of amidine groups is 1. The number of hydrogen-bond donors (Lipinski definition) is 3. The highest BCUT2D eigenvalue weighted by atomic mass is 32.2. The van der Waals surface area contributed by atoms with E-state index in [1.165, 1.54) is 29.2 Å². The van der Waals surface area contributed by atoms with Gasteiger partial charge in [-0.05, 0) is 36.1 Å². The van der Waals surface area contributed by atoms with Crippen molar-refractivity contribution >= 4 is 66.7 Å². The zero-order valence-corrected chi connectivity index (χ0v) is 22.4. The van der Waals surface area contributed by atoms with Gasteiger partial charge in [0.2, 0.25) is 9.84 Å². The maximum absolute atomic E-state index is 13.5. The summed E-state index contributed by atoms with van der Waals surface area (Å²) in [4.78, 5) is 9.70. The molecule has 0 aliphatic carbocycles. The smallest absolute Gasteiger partial charge is 0.475 e. The number of sulfone groups is 1. The highest BCUT2D eigenvalue weighted by Crippen LogP contribution is 2.39. The van der Waals surface area contributed by atoms with Gasteiger partial charge in [-0.2, -0.15) is 13.2 Å². The van der Waals surface area contributed by atoms with Gasteiger partial charge < -0.3 is 15.3 Å². The van der Waals surface area contributed by atoms with Crippen molar-refractivity contribution in [2.24, 2.45) is 5.73 Å². The van der Waals surface area contributed by atoms with Crippen LogP contribution in [0.2, 0.25) is 0 Å². The minimum Gasteiger partial charge on any atom is -0.475 e. The average Bonchev–Trinajstić information content (AvgIpc) is 3.51. The molecular weight excluding hydrogens is 573 g/mol. The van der Waals surface area contributed by atoms with E-state index < -0.39 is 22.0 Å². The number of nitrogens with two attached hydrogens (primary N) is 1. The molecule has 0 unspecified atom stereocenters. The van der Waals surface area contributed by atoms with E-state index in [0.717, 1.165) is 33.1 Å². The molecule has 202 valence electrons. The van der Waals surface area contributed by atoms with Crippen LogP contribution in [0.5, 0.6) is 0 Å². The third-order valence-electron chi connectivity index (χ3n) is 5.51. The summed E-state index contributed by atoms with van der Waals surface area (Å²) in [6, 6.07) is 22.1. The second-order valence-corrected chi connectivity index (χ2v) is 12.0. The SMILES string of the molecule is CSc1sc(C(=N)N)cc1S(=O)(=O)c1cccc(-c2cccc3c2oc2ccccc23)c1.O=C(O)C(F)(F)F. The Balaban J connectivity index is 0.000000448. The lowest BCUT2D eigenvalue weighted by Crippen LogP contribution is -2.21. The first-order valence-electron chi connectivity index (χ1n) is 10.9. The Kier molecular flexibility index (Phi) is 7.77. The van der Waals surface area contributed by atoms with Gasteiger partial charge in [0, 0.05) is 16.3 Å². The van der Waals surface area contributed by atoms with Gasteiger partial charge >= 0.3 is 12.1 Å². The van der Waals surface area contributed by atoms with Gasteiger partial charge in [-0.25, -0.2) is 13.2 Å². The van der Waals surface area contributed by atoms with Gasteiger partial charge in [0.15, 0.2) is 0 Å². The van der Waals surface area contributed by atoms with Crippen LogP contribution < -0.4 is 5.73 Å². The van der Waals surface area contributed by atoms with Crippen LogP contribution in [0.1, 0.15) is 4.88 Å². The van der Waals surface area contributed by atoms with Gasteiger partial charge in [-0.15, -0.1) is 23.1 Å². The number of thioether (sulfide) groups is 1. The summed E-state index contributed by atoms with van der Waals surface area (Å²) >= 11 is 2.55. The third kappa shape index (κ3) is 5.65. The number of nitrogens with one attached hydrogen (secondary N) is 1. The molecule has 0 aliphatic rings. The summed E-state index contributed by atoms with van der Waals surface area (Å²) in [5.41, 5.74) is 8.69. The van der Waals surface area contributed by atoms with Crippen molar-refractivity contribution in [2.75, 3.05) is 6.26 Å². The number of carboxylic acids is 1. The van der Waals surface area contributed by atoms with Crippen LogP contribution in [-0.2, 0) is 14.6 Å². The lowest BCUT2D eigenvalue weighted by atomic mass is 10.0. The van der Waals surface area contributed by atoms with E-state index in [0.29, 0.717) is 9.09 Å². The Morgan fingerprint density at radius 2 is 1.67 bits per heavy atom. The van der Waals surface area contributed by atoms with Crippen molar-refractivity contribution in [3.63, 3.8) is 0 Å². The Hall–Kier alpha value is -3.81. The Morgan fingerprint density at radius 1 is 1.03 bits per heavy atom. The summed E-state index contributed by atoms with van der Waals surface area (Å²) in [6.45, 7) is 0. The highest BCUT2D eigenvalue weighted by Gasteiger charge is 2.38. The molecule has 39 heavy (non-hydrogen) atoms. The number of carbonyl (C=O) groups is 1. The normalized spacial score (nSPS) is 11.8. The number of aliphatic carboxylic acids is 1. The molecule has 13 heteroatoms. The number of para-hydroxylation sites is 2. The zero-order valence-electron chi connectivity index (χ0n) is 19.9. The third-order valence-corrected chi connectivity index (χ3v) is 9.85. The molecule has 2 heterocycles. The van der Waals surface area contributed by atoms with Gasteiger partial charge in [-0.3, -0.25) is 5.41 Å². The molecule has 5 rings (SSSR count). The Morgan fingerprint density at radius 3 is 2.31 bits per heavy atom. The minimum atomic E-state index is -5.08. The van der Waals surface area contributed by atoms with Crippen molar-refractivity contribution in [1.29, 1.82) is 5.41 Å². The first-order valence-corrected chi connectivity index (χ1v) is 14.4. The van der Waals surface area contributed by atoms with Gasteiger partial charge in [0.05, 0.1) is 18.9 Å². The maximum atomic E-state index is 13.5. The number of benzene rings is 3. The van der Waals surface area contributed by atoms with Crippen LogP contribution in [0, 0.1) is 5.41 Å². The monoisotopic (exact) mass is 592 g/mol. The number of fused-ring (bicyclic) bond motifs is 3. The van der Waals surface area contributed by atoms with Crippen LogP contribution >= 0.6 is 23.1 Å². The Labute approximate surface area is 228 Å². The number of carboxylic acid groups (broad SMARTS) is 1. The second kappa shape index (κ2) is 10.8. The van der Waals surface area contributed by atoms with Crippen molar-refractivity contribution in [3.8, 4) is 11.1 Å². The first kappa shape index (κ1) is 28.2. The van der Waals surface area contributed by atoms with Crippen molar-refractivity contribution in [3.05, 3.63) is 77.7 Å². The summed E-state index contributed by atoms with van der Waals surface area (Å²) < 4.78 is 65.5. The summed E-state index contributed by atoms with van der Waals surface area (Å²) in [7, 11) is -3.80. The molecule has 2 aromatic heterocycles. The van der Waals surface area contributed by atoms with Crippen LogP contribution in [0.3, 0.4) is 0 Å². The fourth-order valence-electron chi connectivity index (χ4n) is 3.75. The molecule has 4 N–H and O–H groups in total. The molecule has 0 radical (unpaired) electrons. The van der Waals surface area contributed by atoms with Crippen molar-refractivity contribution < 1.29 is 35.9 Å². The minimum absolute atomic E-state index is 0.142. The van der Waals surface area contributed by atoms with Gasteiger partial charge in [-0.1, -0.05) is 48.5 Å². The highest BCUT2D eigenvalue weighted by molar-refractivity contribution is 8.01. The summed E-state index contributed by atoms with van der Waals surface area (Å²) in [6.07, 6.45) is -3.27. The molecule has 0 amide bonds. The van der Waals surface area contributed by atoms with Crippen molar-refractivity contribution in [1.82, 2.24) is 0 Å². The van der Waals surface area contributed by atoms with E-state index in [2.05, 4.69) is 0 Å². The number of halogens is 3. The molecule has 0 saturated carbocycles.